The molecule has 4 heterocycles. The molecule has 1 aromatic carbocycles. The van der Waals surface area contributed by atoms with E-state index in [-0.39, 0.29) is 12.5 Å². The smallest absolute Gasteiger partial charge is 0.300 e. The van der Waals surface area contributed by atoms with Crippen molar-refractivity contribution in [3.8, 4) is 0 Å². The van der Waals surface area contributed by atoms with Gasteiger partial charge >= 0.3 is 0 Å². The van der Waals surface area contributed by atoms with E-state index in [0.29, 0.717) is 59.9 Å². The molecule has 3 aromatic rings. The van der Waals surface area contributed by atoms with Crippen LogP contribution in [0.4, 0.5) is 11.7 Å². The number of aromatic nitrogens is 2. The zero-order valence-electron chi connectivity index (χ0n) is 18.7. The molecule has 2 saturated heterocycles. The molecule has 1 amide bonds. The van der Waals surface area contributed by atoms with Crippen molar-refractivity contribution in [2.75, 3.05) is 55.7 Å². The van der Waals surface area contributed by atoms with Gasteiger partial charge in [-0.15, -0.1) is 0 Å². The van der Waals surface area contributed by atoms with Gasteiger partial charge in [-0.1, -0.05) is 11.6 Å². The highest BCUT2D eigenvalue weighted by Gasteiger charge is 2.26. The third kappa shape index (κ3) is 4.63. The van der Waals surface area contributed by atoms with Crippen LogP contribution < -0.4 is 9.80 Å². The van der Waals surface area contributed by atoms with Gasteiger partial charge in [0.1, 0.15) is 0 Å². The van der Waals surface area contributed by atoms with Crippen LogP contribution in [0.2, 0.25) is 5.02 Å². The van der Waals surface area contributed by atoms with Crippen molar-refractivity contribution in [1.29, 1.82) is 0 Å². The maximum Gasteiger partial charge on any atom is 0.300 e. The number of oxazole rings is 1. The summed E-state index contributed by atoms with van der Waals surface area (Å²) in [5.41, 5.74) is 3.75. The van der Waals surface area contributed by atoms with Gasteiger partial charge < -0.3 is 24.2 Å². The monoisotopic (exact) mass is 469 g/mol. The topological polar surface area (TPSA) is 85.9 Å². The minimum Gasteiger partial charge on any atom is -0.422 e. The highest BCUT2D eigenvalue weighted by Crippen LogP contribution is 2.28. The van der Waals surface area contributed by atoms with Crippen LogP contribution in [-0.4, -0.2) is 71.8 Å². The Labute approximate surface area is 197 Å². The second-order valence-corrected chi connectivity index (χ2v) is 9.30. The minimum atomic E-state index is -0.0153. The molecule has 33 heavy (non-hydrogen) atoms. The number of carbonyl (C=O) groups excluding carboxylic acids is 1. The molecule has 174 valence electrons. The average molecular weight is 470 g/mol. The van der Waals surface area contributed by atoms with Crippen LogP contribution in [-0.2, 0) is 0 Å². The number of aryl methyl sites for hydroxylation is 1. The van der Waals surface area contributed by atoms with Crippen LogP contribution in [0.15, 0.2) is 34.7 Å². The van der Waals surface area contributed by atoms with Gasteiger partial charge in [0, 0.05) is 67.8 Å². The van der Waals surface area contributed by atoms with Gasteiger partial charge in [0.05, 0.1) is 0 Å². The predicted octanol–water partition coefficient (Wildman–Crippen LogP) is 3.36. The first kappa shape index (κ1) is 22.0. The Balaban J connectivity index is 1.25. The Morgan fingerprint density at radius 1 is 1.06 bits per heavy atom. The van der Waals surface area contributed by atoms with Gasteiger partial charge in [-0.25, -0.2) is 4.98 Å². The van der Waals surface area contributed by atoms with Crippen LogP contribution in [0.25, 0.3) is 11.2 Å². The van der Waals surface area contributed by atoms with Crippen LogP contribution in [0.5, 0.6) is 0 Å². The molecule has 9 heteroatoms. The Bertz CT molecular complexity index is 1150. The van der Waals surface area contributed by atoms with Crippen LogP contribution in [0.1, 0.15) is 28.9 Å². The molecule has 2 aliphatic heterocycles. The number of halogens is 1. The van der Waals surface area contributed by atoms with E-state index in [9.17, 15) is 9.90 Å². The number of carbonyl (C=O) groups is 1. The number of aliphatic hydroxyl groups excluding tert-OH is 1. The third-order valence-corrected chi connectivity index (χ3v) is 6.80. The first-order valence-corrected chi connectivity index (χ1v) is 11.8. The zero-order chi connectivity index (χ0) is 22.9. The van der Waals surface area contributed by atoms with E-state index in [1.165, 1.54) is 0 Å². The number of aliphatic hydroxyl groups is 1. The summed E-state index contributed by atoms with van der Waals surface area (Å²) >= 11 is 6.39. The van der Waals surface area contributed by atoms with Crippen molar-refractivity contribution in [1.82, 2.24) is 14.9 Å². The molecule has 0 spiro atoms. The number of pyridine rings is 1. The lowest BCUT2D eigenvalue weighted by Crippen LogP contribution is -2.49. The van der Waals surface area contributed by atoms with Crippen molar-refractivity contribution in [3.63, 3.8) is 0 Å². The van der Waals surface area contributed by atoms with Crippen molar-refractivity contribution >= 4 is 40.4 Å². The highest BCUT2D eigenvalue weighted by molar-refractivity contribution is 6.31. The number of rotatable bonds is 4. The number of hydrogen-bond donors (Lipinski definition) is 1. The van der Waals surface area contributed by atoms with Gasteiger partial charge in [0.2, 0.25) is 5.65 Å². The normalized spacial score (nSPS) is 17.7. The quantitative estimate of drug-likeness (QED) is 0.627. The maximum absolute atomic E-state index is 13.3. The first-order valence-electron chi connectivity index (χ1n) is 11.4. The molecule has 0 atom stereocenters. The number of amides is 1. The lowest BCUT2D eigenvalue weighted by molar-refractivity contribution is 0.0745. The van der Waals surface area contributed by atoms with Crippen molar-refractivity contribution < 1.29 is 14.3 Å². The second-order valence-electron chi connectivity index (χ2n) is 8.86. The summed E-state index contributed by atoms with van der Waals surface area (Å²) in [4.78, 5) is 28.3. The van der Waals surface area contributed by atoms with Crippen molar-refractivity contribution in [3.05, 3.63) is 46.6 Å². The zero-order valence-corrected chi connectivity index (χ0v) is 19.5. The van der Waals surface area contributed by atoms with Gasteiger partial charge in [0.25, 0.3) is 11.9 Å². The van der Waals surface area contributed by atoms with E-state index < -0.39 is 0 Å². The van der Waals surface area contributed by atoms with Gasteiger partial charge in [-0.05, 0) is 56.0 Å². The standard InChI is InChI=1S/C24H28ClN5O3/c1-16-2-3-21-22(26-16)27-24(33-21)30-10-8-29(9-11-30)23(32)18-12-19(25)14-20(13-18)28-6-4-17(15-31)5-7-28/h2-3,12-14,17,31H,4-11,15H2,1H3. The number of hydrogen-bond acceptors (Lipinski definition) is 7. The number of piperazine rings is 1. The molecule has 2 fully saturated rings. The molecule has 5 rings (SSSR count). The van der Waals surface area contributed by atoms with Crippen molar-refractivity contribution in [2.24, 2.45) is 5.92 Å². The third-order valence-electron chi connectivity index (χ3n) is 6.59. The molecular weight excluding hydrogens is 442 g/mol. The maximum atomic E-state index is 13.3. The molecule has 2 aliphatic rings. The summed E-state index contributed by atoms with van der Waals surface area (Å²) in [5.74, 6) is 0.345. The molecule has 2 aromatic heterocycles. The lowest BCUT2D eigenvalue weighted by Gasteiger charge is -2.35. The molecular formula is C24H28ClN5O3. The molecule has 0 bridgehead atoms. The fourth-order valence-corrected chi connectivity index (χ4v) is 4.80. The Kier molecular flexibility index (Phi) is 6.12. The number of benzene rings is 1. The van der Waals surface area contributed by atoms with Crippen LogP contribution in [0, 0.1) is 12.8 Å². The summed E-state index contributed by atoms with van der Waals surface area (Å²) in [6.45, 7) is 6.31. The average Bonchev–Trinajstić information content (AvgIpc) is 3.26. The first-order chi connectivity index (χ1) is 16.0. The second kappa shape index (κ2) is 9.19. The van der Waals surface area contributed by atoms with E-state index in [4.69, 9.17) is 16.0 Å². The molecule has 0 unspecified atom stereocenters. The largest absolute Gasteiger partial charge is 0.422 e. The van der Waals surface area contributed by atoms with E-state index in [1.807, 2.05) is 36.1 Å². The molecule has 0 radical (unpaired) electrons. The summed E-state index contributed by atoms with van der Waals surface area (Å²) in [7, 11) is 0. The number of fused-ring (bicyclic) bond motifs is 1. The van der Waals surface area contributed by atoms with E-state index in [0.717, 1.165) is 37.3 Å². The molecule has 8 nitrogen and oxygen atoms in total. The number of anilines is 2. The van der Waals surface area contributed by atoms with Gasteiger partial charge in [-0.3, -0.25) is 4.79 Å². The highest BCUT2D eigenvalue weighted by atomic mass is 35.5. The van der Waals surface area contributed by atoms with Gasteiger partial charge in [-0.2, -0.15) is 4.98 Å². The van der Waals surface area contributed by atoms with Crippen molar-refractivity contribution in [2.45, 2.75) is 19.8 Å². The predicted molar refractivity (Wildman–Crippen MR) is 128 cm³/mol. The van der Waals surface area contributed by atoms with E-state index >= 15 is 0 Å². The molecule has 0 aliphatic carbocycles. The Hall–Kier alpha value is -2.84. The van der Waals surface area contributed by atoms with Gasteiger partial charge in [0.15, 0.2) is 5.58 Å². The van der Waals surface area contributed by atoms with Crippen LogP contribution in [0.3, 0.4) is 0 Å². The molecule has 1 N–H and O–H groups in total. The lowest BCUT2D eigenvalue weighted by atomic mass is 9.97. The fourth-order valence-electron chi connectivity index (χ4n) is 4.57. The minimum absolute atomic E-state index is 0.0153. The van der Waals surface area contributed by atoms with E-state index in [2.05, 4.69) is 19.8 Å². The Morgan fingerprint density at radius 3 is 2.55 bits per heavy atom. The fraction of sp³-hybridized carbons (Fsp3) is 0.458. The number of nitrogens with zero attached hydrogens (tertiary/aromatic N) is 5. The summed E-state index contributed by atoms with van der Waals surface area (Å²) in [5, 5.41) is 9.95. The summed E-state index contributed by atoms with van der Waals surface area (Å²) in [6, 6.07) is 9.94. The number of piperidine rings is 1. The van der Waals surface area contributed by atoms with Crippen LogP contribution >= 0.6 is 11.6 Å². The summed E-state index contributed by atoms with van der Waals surface area (Å²) in [6.07, 6.45) is 1.89. The van der Waals surface area contributed by atoms with E-state index in [1.54, 1.807) is 6.07 Å². The Morgan fingerprint density at radius 2 is 1.82 bits per heavy atom. The molecule has 0 saturated carbocycles. The summed E-state index contributed by atoms with van der Waals surface area (Å²) < 4.78 is 5.87. The SMILES string of the molecule is Cc1ccc2oc(N3CCN(C(=O)c4cc(Cl)cc(N5CCC(CO)CC5)c4)CC3)nc2n1.